The van der Waals surface area contributed by atoms with Crippen molar-refractivity contribution in [3.8, 4) is 0 Å². The average Bonchev–Trinajstić information content (AvgIpc) is 2.99. The van der Waals surface area contributed by atoms with Gasteiger partial charge in [0.2, 0.25) is 0 Å². The highest BCUT2D eigenvalue weighted by Crippen LogP contribution is 2.35. The number of methoxy groups -OCH3 is 1. The van der Waals surface area contributed by atoms with Crippen LogP contribution in [0.15, 0.2) is 42.6 Å². The van der Waals surface area contributed by atoms with Crippen molar-refractivity contribution >= 4 is 28.5 Å². The van der Waals surface area contributed by atoms with E-state index in [2.05, 4.69) is 21.4 Å². The number of hydrogen-bond acceptors (Lipinski definition) is 4. The number of halogens is 1. The van der Waals surface area contributed by atoms with Gasteiger partial charge in [0.05, 0.1) is 13.2 Å². The van der Waals surface area contributed by atoms with Crippen molar-refractivity contribution in [3.05, 3.63) is 64.6 Å². The summed E-state index contributed by atoms with van der Waals surface area (Å²) in [6, 6.07) is 11.2. The van der Waals surface area contributed by atoms with Gasteiger partial charge in [0.1, 0.15) is 11.2 Å². The molecule has 0 saturated heterocycles. The van der Waals surface area contributed by atoms with E-state index in [1.165, 1.54) is 7.11 Å². The van der Waals surface area contributed by atoms with Crippen LogP contribution in [0.3, 0.4) is 0 Å². The minimum atomic E-state index is -0.401. The van der Waals surface area contributed by atoms with Crippen molar-refractivity contribution in [2.75, 3.05) is 7.11 Å². The number of pyridine rings is 1. The summed E-state index contributed by atoms with van der Waals surface area (Å²) >= 11 is 5.90. The number of hydrogen-bond donors (Lipinski definition) is 2. The molecule has 2 aromatic heterocycles. The van der Waals surface area contributed by atoms with Crippen molar-refractivity contribution in [1.29, 1.82) is 0 Å². The van der Waals surface area contributed by atoms with E-state index in [0.29, 0.717) is 11.6 Å². The predicted octanol–water partition coefficient (Wildman–Crippen LogP) is 2.99. The number of esters is 1. The van der Waals surface area contributed by atoms with Gasteiger partial charge < -0.3 is 9.72 Å². The lowest BCUT2D eigenvalue weighted by Crippen LogP contribution is -2.45. The second-order valence-corrected chi connectivity index (χ2v) is 6.24. The van der Waals surface area contributed by atoms with Gasteiger partial charge in [-0.25, -0.2) is 4.98 Å². The Morgan fingerprint density at radius 3 is 2.88 bits per heavy atom. The molecule has 1 aliphatic heterocycles. The molecule has 0 aliphatic carbocycles. The Morgan fingerprint density at radius 1 is 1.29 bits per heavy atom. The van der Waals surface area contributed by atoms with Crippen molar-refractivity contribution in [2.24, 2.45) is 0 Å². The molecule has 4 rings (SSSR count). The number of ether oxygens (including phenoxy) is 1. The SMILES string of the molecule is COC(=O)[C@H]1Cc2c([nH]c3ccccc23)[C@@H](c2ccc(Cl)nc2)N1. The molecule has 6 heteroatoms. The number of H-pyrrole nitrogens is 1. The topological polar surface area (TPSA) is 67.0 Å². The first-order valence-corrected chi connectivity index (χ1v) is 8.10. The summed E-state index contributed by atoms with van der Waals surface area (Å²) < 4.78 is 4.95. The molecule has 1 aliphatic rings. The highest BCUT2D eigenvalue weighted by molar-refractivity contribution is 6.29. The van der Waals surface area contributed by atoms with E-state index < -0.39 is 6.04 Å². The number of nitrogens with zero attached hydrogens (tertiary/aromatic N) is 1. The molecular weight excluding hydrogens is 326 g/mol. The summed E-state index contributed by atoms with van der Waals surface area (Å²) in [5.41, 5.74) is 4.20. The number of carbonyl (C=O) groups excluding carboxylic acids is 1. The van der Waals surface area contributed by atoms with Crippen molar-refractivity contribution in [3.63, 3.8) is 0 Å². The summed E-state index contributed by atoms with van der Waals surface area (Å²) in [6.07, 6.45) is 2.32. The molecule has 0 saturated carbocycles. The fourth-order valence-electron chi connectivity index (χ4n) is 3.35. The maximum atomic E-state index is 12.1. The molecule has 5 nitrogen and oxygen atoms in total. The van der Waals surface area contributed by atoms with Crippen LogP contribution in [0, 0.1) is 0 Å². The monoisotopic (exact) mass is 341 g/mol. The second kappa shape index (κ2) is 5.92. The van der Waals surface area contributed by atoms with E-state index in [9.17, 15) is 4.79 Å². The van der Waals surface area contributed by atoms with Crippen LogP contribution in [0.25, 0.3) is 10.9 Å². The third kappa shape index (κ3) is 2.46. The Labute approximate surface area is 144 Å². The van der Waals surface area contributed by atoms with E-state index >= 15 is 0 Å². The van der Waals surface area contributed by atoms with Gasteiger partial charge in [0.15, 0.2) is 0 Å². The molecule has 0 amide bonds. The van der Waals surface area contributed by atoms with Gasteiger partial charge in [-0.05, 0) is 23.3 Å². The maximum absolute atomic E-state index is 12.1. The Hall–Kier alpha value is -2.37. The first kappa shape index (κ1) is 15.2. The van der Waals surface area contributed by atoms with Crippen LogP contribution in [0.1, 0.15) is 22.9 Å². The Morgan fingerprint density at radius 2 is 2.12 bits per heavy atom. The fraction of sp³-hybridized carbons (Fsp3) is 0.222. The van der Waals surface area contributed by atoms with Crippen LogP contribution in [0.4, 0.5) is 0 Å². The predicted molar refractivity (Wildman–Crippen MR) is 92.0 cm³/mol. The lowest BCUT2D eigenvalue weighted by atomic mass is 9.91. The van der Waals surface area contributed by atoms with E-state index in [1.54, 1.807) is 12.3 Å². The molecule has 2 N–H and O–H groups in total. The van der Waals surface area contributed by atoms with E-state index in [0.717, 1.165) is 27.7 Å². The highest BCUT2D eigenvalue weighted by atomic mass is 35.5. The molecule has 0 spiro atoms. The van der Waals surface area contributed by atoms with Crippen LogP contribution in [0.2, 0.25) is 5.15 Å². The second-order valence-electron chi connectivity index (χ2n) is 5.86. The average molecular weight is 342 g/mol. The fourth-order valence-corrected chi connectivity index (χ4v) is 3.46. The Balaban J connectivity index is 1.86. The maximum Gasteiger partial charge on any atom is 0.323 e. The number of nitrogens with one attached hydrogen (secondary N) is 2. The van der Waals surface area contributed by atoms with Gasteiger partial charge >= 0.3 is 5.97 Å². The minimum Gasteiger partial charge on any atom is -0.468 e. The van der Waals surface area contributed by atoms with Crippen LogP contribution in [-0.4, -0.2) is 29.1 Å². The minimum absolute atomic E-state index is 0.171. The van der Waals surface area contributed by atoms with Crippen LogP contribution >= 0.6 is 11.6 Å². The van der Waals surface area contributed by atoms with Crippen molar-refractivity contribution in [2.45, 2.75) is 18.5 Å². The summed E-state index contributed by atoms with van der Waals surface area (Å²) in [5.74, 6) is -0.266. The number of aromatic nitrogens is 2. The highest BCUT2D eigenvalue weighted by Gasteiger charge is 2.34. The standard InChI is InChI=1S/C18H16ClN3O2/c1-24-18(23)14-8-12-11-4-2-3-5-13(11)21-17(12)16(22-14)10-6-7-15(19)20-9-10/h2-7,9,14,16,21-22H,8H2,1H3/t14-,16-/m1/s1. The molecule has 0 bridgehead atoms. The molecule has 2 atom stereocenters. The molecule has 1 aromatic carbocycles. The number of benzene rings is 1. The zero-order valence-electron chi connectivity index (χ0n) is 13.0. The first-order chi connectivity index (χ1) is 11.7. The zero-order chi connectivity index (χ0) is 16.7. The normalized spacial score (nSPS) is 19.9. The molecular formula is C18H16ClN3O2. The molecule has 3 heterocycles. The van der Waals surface area contributed by atoms with Crippen LogP contribution in [-0.2, 0) is 16.0 Å². The Kier molecular flexibility index (Phi) is 3.75. The van der Waals surface area contributed by atoms with Gasteiger partial charge in [-0.3, -0.25) is 10.1 Å². The lowest BCUT2D eigenvalue weighted by molar-refractivity contribution is -0.143. The van der Waals surface area contributed by atoms with E-state index in [1.807, 2.05) is 24.3 Å². The zero-order valence-corrected chi connectivity index (χ0v) is 13.8. The van der Waals surface area contributed by atoms with E-state index in [-0.39, 0.29) is 12.0 Å². The number of carbonyl (C=O) groups is 1. The molecule has 0 unspecified atom stereocenters. The molecule has 0 fully saturated rings. The Bertz CT molecular complexity index is 904. The number of fused-ring (bicyclic) bond motifs is 3. The van der Waals surface area contributed by atoms with Crippen molar-refractivity contribution in [1.82, 2.24) is 15.3 Å². The van der Waals surface area contributed by atoms with Gasteiger partial charge in [-0.15, -0.1) is 0 Å². The smallest absolute Gasteiger partial charge is 0.323 e. The van der Waals surface area contributed by atoms with Crippen molar-refractivity contribution < 1.29 is 9.53 Å². The first-order valence-electron chi connectivity index (χ1n) is 7.72. The largest absolute Gasteiger partial charge is 0.468 e. The van der Waals surface area contributed by atoms with E-state index in [4.69, 9.17) is 16.3 Å². The molecule has 0 radical (unpaired) electrons. The summed E-state index contributed by atoms with van der Waals surface area (Å²) in [7, 11) is 1.41. The summed E-state index contributed by atoms with van der Waals surface area (Å²) in [6.45, 7) is 0. The molecule has 122 valence electrons. The molecule has 3 aromatic rings. The van der Waals surface area contributed by atoms with Crippen LogP contribution in [0.5, 0.6) is 0 Å². The number of para-hydroxylation sites is 1. The number of rotatable bonds is 2. The third-order valence-electron chi connectivity index (χ3n) is 4.48. The third-order valence-corrected chi connectivity index (χ3v) is 4.70. The number of aromatic amines is 1. The van der Waals surface area contributed by atoms with Gasteiger partial charge in [-0.2, -0.15) is 0 Å². The van der Waals surface area contributed by atoms with Gasteiger partial charge in [0, 0.05) is 29.2 Å². The summed E-state index contributed by atoms with van der Waals surface area (Å²) in [4.78, 5) is 19.8. The van der Waals surface area contributed by atoms with Gasteiger partial charge in [0.25, 0.3) is 0 Å². The van der Waals surface area contributed by atoms with Crippen LogP contribution < -0.4 is 5.32 Å². The molecule has 24 heavy (non-hydrogen) atoms. The quantitative estimate of drug-likeness (QED) is 0.555. The lowest BCUT2D eigenvalue weighted by Gasteiger charge is -2.30. The van der Waals surface area contributed by atoms with Gasteiger partial charge in [-0.1, -0.05) is 35.9 Å². The summed E-state index contributed by atoms with van der Waals surface area (Å²) in [5, 5.41) is 4.94.